The van der Waals surface area contributed by atoms with Crippen LogP contribution in [0.5, 0.6) is 23.0 Å². The maximum Gasteiger partial charge on any atom is 0.255 e. The summed E-state index contributed by atoms with van der Waals surface area (Å²) in [5.41, 5.74) is 3.01. The molecule has 5 rings (SSSR count). The number of phenols is 1. The highest BCUT2D eigenvalue weighted by atomic mass is 16.5. The summed E-state index contributed by atoms with van der Waals surface area (Å²) >= 11 is 0. The van der Waals surface area contributed by atoms with Crippen molar-refractivity contribution >= 4 is 17.5 Å². The second-order valence-corrected chi connectivity index (χ2v) is 8.60. The van der Waals surface area contributed by atoms with Crippen LogP contribution in [0.25, 0.3) is 11.4 Å². The number of nitrogens with one attached hydrogen (secondary N) is 2. The number of carbonyl (C=O) groups excluding carboxylic acids is 1. The van der Waals surface area contributed by atoms with Gasteiger partial charge >= 0.3 is 0 Å². The molecule has 1 aliphatic heterocycles. The second-order valence-electron chi connectivity index (χ2n) is 8.60. The van der Waals surface area contributed by atoms with Crippen LogP contribution in [-0.4, -0.2) is 47.1 Å². The average molecular weight is 514 g/mol. The van der Waals surface area contributed by atoms with Crippen LogP contribution in [0.3, 0.4) is 0 Å². The first-order chi connectivity index (χ1) is 18.4. The molecule has 0 radical (unpaired) electrons. The third-order valence-electron chi connectivity index (χ3n) is 6.24. The van der Waals surface area contributed by atoms with Crippen LogP contribution in [0, 0.1) is 0 Å². The van der Waals surface area contributed by atoms with Crippen molar-refractivity contribution in [2.75, 3.05) is 32.0 Å². The summed E-state index contributed by atoms with van der Waals surface area (Å²) < 4.78 is 18.3. The molecule has 1 aromatic heterocycles. The molecule has 0 spiro atoms. The summed E-state index contributed by atoms with van der Waals surface area (Å²) in [5, 5.41) is 20.9. The summed E-state index contributed by atoms with van der Waals surface area (Å²) in [6, 6.07) is 18.8. The monoisotopic (exact) mass is 513 g/mol. The molecule has 194 valence electrons. The molecule has 4 aromatic rings. The van der Waals surface area contributed by atoms with Gasteiger partial charge in [-0.15, -0.1) is 5.10 Å². The van der Waals surface area contributed by atoms with E-state index >= 15 is 0 Å². The molecule has 10 nitrogen and oxygen atoms in total. The lowest BCUT2D eigenvalue weighted by Gasteiger charge is -2.29. The van der Waals surface area contributed by atoms with Crippen LogP contribution in [0.4, 0.5) is 11.6 Å². The second kappa shape index (κ2) is 10.2. The zero-order chi connectivity index (χ0) is 26.8. The van der Waals surface area contributed by atoms with Crippen molar-refractivity contribution in [3.63, 3.8) is 0 Å². The highest BCUT2D eigenvalue weighted by molar-refractivity contribution is 6.06. The zero-order valence-electron chi connectivity index (χ0n) is 21.4. The fourth-order valence-corrected chi connectivity index (χ4v) is 4.50. The van der Waals surface area contributed by atoms with Gasteiger partial charge in [-0.05, 0) is 48.9 Å². The Hall–Kier alpha value is -4.99. The molecular formula is C28H27N5O5. The van der Waals surface area contributed by atoms with Crippen molar-refractivity contribution in [2.24, 2.45) is 0 Å². The molecule has 0 bridgehead atoms. The summed E-state index contributed by atoms with van der Waals surface area (Å²) in [5.74, 6) is 1.94. The maximum atomic E-state index is 13.7. The minimum Gasteiger partial charge on any atom is -0.508 e. The Kier molecular flexibility index (Phi) is 6.61. The minimum absolute atomic E-state index is 0.0987. The molecule has 0 saturated carbocycles. The van der Waals surface area contributed by atoms with Gasteiger partial charge < -0.3 is 30.0 Å². The number of amides is 1. The number of aromatic hydroxyl groups is 1. The predicted molar refractivity (Wildman–Crippen MR) is 143 cm³/mol. The quantitative estimate of drug-likeness (QED) is 0.328. The van der Waals surface area contributed by atoms with E-state index in [1.807, 2.05) is 37.3 Å². The molecule has 10 heteroatoms. The number of benzene rings is 3. The van der Waals surface area contributed by atoms with Crippen molar-refractivity contribution in [1.29, 1.82) is 0 Å². The van der Waals surface area contributed by atoms with Gasteiger partial charge in [0.05, 0.1) is 26.9 Å². The lowest BCUT2D eigenvalue weighted by molar-refractivity contribution is -0.113. The fourth-order valence-electron chi connectivity index (χ4n) is 4.50. The smallest absolute Gasteiger partial charge is 0.255 e. The van der Waals surface area contributed by atoms with Gasteiger partial charge in [0.2, 0.25) is 11.7 Å². The van der Waals surface area contributed by atoms with Gasteiger partial charge in [-0.2, -0.15) is 4.98 Å². The van der Waals surface area contributed by atoms with Crippen molar-refractivity contribution in [2.45, 2.75) is 13.0 Å². The number of methoxy groups -OCH3 is 3. The molecule has 1 amide bonds. The van der Waals surface area contributed by atoms with E-state index in [2.05, 4.69) is 15.6 Å². The SMILES string of the molecule is COc1cc(C2C(C(=O)Nc3ccccc3)=C(C)Nc3nc(-c4cccc(O)c4)nn32)cc(OC)c1OC. The van der Waals surface area contributed by atoms with E-state index in [4.69, 9.17) is 19.3 Å². The van der Waals surface area contributed by atoms with E-state index in [-0.39, 0.29) is 11.7 Å². The van der Waals surface area contributed by atoms with E-state index in [9.17, 15) is 9.90 Å². The first-order valence-electron chi connectivity index (χ1n) is 11.8. The molecule has 3 aromatic carbocycles. The van der Waals surface area contributed by atoms with Crippen LogP contribution in [0.2, 0.25) is 0 Å². The number of carbonyl (C=O) groups is 1. The van der Waals surface area contributed by atoms with Crippen LogP contribution >= 0.6 is 0 Å². The molecule has 1 aliphatic rings. The van der Waals surface area contributed by atoms with Crippen molar-refractivity contribution in [3.05, 3.63) is 83.6 Å². The molecule has 38 heavy (non-hydrogen) atoms. The summed E-state index contributed by atoms with van der Waals surface area (Å²) in [6.45, 7) is 1.82. The standard InChI is InChI=1S/C28H27N5O5/c1-16-23(27(35)30-19-10-6-5-7-11-19)24(18-14-21(36-2)25(38-4)22(15-18)37-3)33-28(29-16)31-26(32-33)17-9-8-12-20(34)13-17/h5-15,24,34H,1-4H3,(H,30,35)(H,29,31,32). The van der Waals surface area contributed by atoms with Crippen LogP contribution < -0.4 is 24.8 Å². The van der Waals surface area contributed by atoms with E-state index in [1.54, 1.807) is 41.1 Å². The molecule has 2 heterocycles. The Labute approximate surface area is 219 Å². The number of aromatic nitrogens is 3. The van der Waals surface area contributed by atoms with E-state index < -0.39 is 6.04 Å². The molecule has 1 atom stereocenters. The Balaban J connectivity index is 1.68. The largest absolute Gasteiger partial charge is 0.508 e. The van der Waals surface area contributed by atoms with E-state index in [0.29, 0.717) is 57.1 Å². The topological polar surface area (TPSA) is 120 Å². The lowest BCUT2D eigenvalue weighted by atomic mass is 9.94. The third-order valence-corrected chi connectivity index (χ3v) is 6.24. The Morgan fingerprint density at radius 3 is 2.32 bits per heavy atom. The fraction of sp³-hybridized carbons (Fsp3) is 0.179. The Morgan fingerprint density at radius 2 is 1.68 bits per heavy atom. The molecule has 3 N–H and O–H groups in total. The minimum atomic E-state index is -0.692. The number of hydrogen-bond acceptors (Lipinski definition) is 8. The number of ether oxygens (including phenoxy) is 3. The van der Waals surface area contributed by atoms with Gasteiger partial charge in [-0.3, -0.25) is 4.79 Å². The predicted octanol–water partition coefficient (Wildman–Crippen LogP) is 4.60. The number of fused-ring (bicyclic) bond motifs is 1. The number of anilines is 2. The molecule has 1 unspecified atom stereocenters. The van der Waals surface area contributed by atoms with Gasteiger partial charge in [0.1, 0.15) is 11.8 Å². The van der Waals surface area contributed by atoms with E-state index in [1.165, 1.54) is 21.3 Å². The van der Waals surface area contributed by atoms with Gasteiger partial charge in [-0.25, -0.2) is 4.68 Å². The van der Waals surface area contributed by atoms with Crippen LogP contribution in [0.1, 0.15) is 18.5 Å². The maximum absolute atomic E-state index is 13.7. The van der Waals surface area contributed by atoms with Crippen molar-refractivity contribution in [3.8, 4) is 34.4 Å². The normalized spacial score (nSPS) is 14.4. The van der Waals surface area contributed by atoms with Crippen molar-refractivity contribution in [1.82, 2.24) is 14.8 Å². The average Bonchev–Trinajstić information content (AvgIpc) is 3.35. The Morgan fingerprint density at radius 1 is 0.974 bits per heavy atom. The lowest BCUT2D eigenvalue weighted by Crippen LogP contribution is -2.31. The Bertz CT molecular complexity index is 1500. The summed E-state index contributed by atoms with van der Waals surface area (Å²) in [6.07, 6.45) is 0. The zero-order valence-corrected chi connectivity index (χ0v) is 21.4. The number of nitrogens with zero attached hydrogens (tertiary/aromatic N) is 3. The van der Waals surface area contributed by atoms with Gasteiger partial charge in [0.15, 0.2) is 17.3 Å². The van der Waals surface area contributed by atoms with Gasteiger partial charge in [0.25, 0.3) is 5.91 Å². The molecule has 0 fully saturated rings. The highest BCUT2D eigenvalue weighted by Crippen LogP contribution is 2.44. The first-order valence-corrected chi connectivity index (χ1v) is 11.8. The number of hydrogen-bond donors (Lipinski definition) is 3. The van der Waals surface area contributed by atoms with Crippen molar-refractivity contribution < 1.29 is 24.1 Å². The van der Waals surface area contributed by atoms with Gasteiger partial charge in [-0.1, -0.05) is 30.3 Å². The first kappa shape index (κ1) is 24.7. The number of allylic oxidation sites excluding steroid dienone is 1. The summed E-state index contributed by atoms with van der Waals surface area (Å²) in [4.78, 5) is 18.4. The third kappa shape index (κ3) is 4.47. The molecule has 0 saturated heterocycles. The van der Waals surface area contributed by atoms with Crippen LogP contribution in [0.15, 0.2) is 78.0 Å². The summed E-state index contributed by atoms with van der Waals surface area (Å²) in [7, 11) is 4.60. The van der Waals surface area contributed by atoms with Crippen LogP contribution in [-0.2, 0) is 4.79 Å². The number of rotatable bonds is 7. The molecule has 0 aliphatic carbocycles. The molecular weight excluding hydrogens is 486 g/mol. The van der Waals surface area contributed by atoms with E-state index in [0.717, 1.165) is 0 Å². The highest BCUT2D eigenvalue weighted by Gasteiger charge is 2.36. The number of phenolic OH excluding ortho intramolecular Hbond substituents is 1. The number of para-hydroxylation sites is 1. The van der Waals surface area contributed by atoms with Gasteiger partial charge in [0, 0.05) is 16.9 Å².